The van der Waals surface area contributed by atoms with Crippen molar-refractivity contribution in [2.75, 3.05) is 6.54 Å². The molecule has 0 saturated heterocycles. The van der Waals surface area contributed by atoms with Crippen molar-refractivity contribution < 1.29 is 4.52 Å². The van der Waals surface area contributed by atoms with Gasteiger partial charge in [0.15, 0.2) is 5.82 Å². The molecule has 1 heterocycles. The summed E-state index contributed by atoms with van der Waals surface area (Å²) in [6, 6.07) is 8.76. The molecule has 0 saturated carbocycles. The summed E-state index contributed by atoms with van der Waals surface area (Å²) in [4.78, 5) is 4.59. The molecule has 0 aliphatic heterocycles. The average Bonchev–Trinajstić information content (AvgIpc) is 2.88. The fraction of sp³-hybridized carbons (Fsp3) is 0.529. The van der Waals surface area contributed by atoms with Gasteiger partial charge in [0.2, 0.25) is 5.89 Å². The van der Waals surface area contributed by atoms with E-state index in [0.29, 0.717) is 6.04 Å². The van der Waals surface area contributed by atoms with Crippen LogP contribution in [0, 0.1) is 6.92 Å². The lowest BCUT2D eigenvalue weighted by Gasteiger charge is -2.19. The summed E-state index contributed by atoms with van der Waals surface area (Å²) in [7, 11) is 0. The van der Waals surface area contributed by atoms with Crippen molar-refractivity contribution in [2.45, 2.75) is 52.5 Å². The number of nitrogens with one attached hydrogen (secondary N) is 1. The third-order valence-electron chi connectivity index (χ3n) is 3.82. The van der Waals surface area contributed by atoms with E-state index in [4.69, 9.17) is 4.52 Å². The Bertz CT molecular complexity index is 565. The van der Waals surface area contributed by atoms with E-state index < -0.39 is 0 Å². The molecule has 4 heteroatoms. The van der Waals surface area contributed by atoms with Gasteiger partial charge in [0.05, 0.1) is 5.92 Å². The highest BCUT2D eigenvalue weighted by atomic mass is 16.5. The summed E-state index contributed by atoms with van der Waals surface area (Å²) in [5.41, 5.74) is 2.47. The van der Waals surface area contributed by atoms with Gasteiger partial charge in [-0.1, -0.05) is 48.8 Å². The molecule has 0 aliphatic rings. The molecule has 1 N–H and O–H groups in total. The Morgan fingerprint density at radius 1 is 1.29 bits per heavy atom. The second-order valence-corrected chi connectivity index (χ2v) is 5.58. The lowest BCUT2D eigenvalue weighted by atomic mass is 9.98. The van der Waals surface area contributed by atoms with Crippen molar-refractivity contribution in [2.24, 2.45) is 0 Å². The zero-order chi connectivity index (χ0) is 15.2. The number of likely N-dealkylation sites (N-methyl/N-ethyl adjacent to an activating group) is 1. The number of hydrogen-bond acceptors (Lipinski definition) is 4. The summed E-state index contributed by atoms with van der Waals surface area (Å²) in [6.45, 7) is 9.48. The van der Waals surface area contributed by atoms with Gasteiger partial charge in [0.1, 0.15) is 0 Å². The first-order valence-electron chi connectivity index (χ1n) is 7.75. The number of aryl methyl sites for hydroxylation is 1. The van der Waals surface area contributed by atoms with Gasteiger partial charge < -0.3 is 9.84 Å². The number of nitrogens with zero attached hydrogens (tertiary/aromatic N) is 2. The molecule has 2 aromatic rings. The summed E-state index contributed by atoms with van der Waals surface area (Å²) in [5, 5.41) is 7.57. The van der Waals surface area contributed by atoms with Crippen LogP contribution in [0.5, 0.6) is 0 Å². The van der Waals surface area contributed by atoms with Gasteiger partial charge in [0.25, 0.3) is 0 Å². The van der Waals surface area contributed by atoms with E-state index in [1.807, 2.05) is 0 Å². The van der Waals surface area contributed by atoms with Crippen molar-refractivity contribution >= 4 is 0 Å². The topological polar surface area (TPSA) is 51.0 Å². The zero-order valence-corrected chi connectivity index (χ0v) is 13.4. The molecule has 1 aromatic heterocycles. The number of benzene rings is 1. The maximum absolute atomic E-state index is 5.49. The van der Waals surface area contributed by atoms with Crippen LogP contribution in [0.4, 0.5) is 0 Å². The van der Waals surface area contributed by atoms with Crippen molar-refractivity contribution in [3.8, 4) is 0 Å². The molecule has 1 aromatic carbocycles. The Morgan fingerprint density at radius 3 is 2.76 bits per heavy atom. The van der Waals surface area contributed by atoms with Gasteiger partial charge in [-0.15, -0.1) is 0 Å². The monoisotopic (exact) mass is 287 g/mol. The normalized spacial score (nSPS) is 14.1. The molecule has 114 valence electrons. The molecule has 0 aliphatic carbocycles. The maximum Gasteiger partial charge on any atom is 0.231 e. The SMILES string of the molecule is CCNC(C)C(CC)c1nc(Cc2cccc(C)c2)no1. The number of aromatic nitrogens is 2. The maximum atomic E-state index is 5.49. The van der Waals surface area contributed by atoms with Crippen LogP contribution < -0.4 is 5.32 Å². The fourth-order valence-electron chi connectivity index (χ4n) is 2.70. The highest BCUT2D eigenvalue weighted by Gasteiger charge is 2.23. The van der Waals surface area contributed by atoms with Crippen LogP contribution in [0.1, 0.15) is 56.0 Å². The molecule has 4 nitrogen and oxygen atoms in total. The van der Waals surface area contributed by atoms with Crippen LogP contribution in [0.2, 0.25) is 0 Å². The predicted molar refractivity (Wildman–Crippen MR) is 84.5 cm³/mol. The van der Waals surface area contributed by atoms with E-state index in [1.165, 1.54) is 11.1 Å². The van der Waals surface area contributed by atoms with E-state index in [9.17, 15) is 0 Å². The highest BCUT2D eigenvalue weighted by Crippen LogP contribution is 2.22. The van der Waals surface area contributed by atoms with Gasteiger partial charge in [-0.3, -0.25) is 0 Å². The van der Waals surface area contributed by atoms with Crippen LogP contribution in [-0.2, 0) is 6.42 Å². The summed E-state index contributed by atoms with van der Waals surface area (Å²) < 4.78 is 5.49. The molecule has 0 fully saturated rings. The second kappa shape index (κ2) is 7.36. The molecular formula is C17H25N3O. The van der Waals surface area contributed by atoms with Crippen molar-refractivity contribution in [3.63, 3.8) is 0 Å². The highest BCUT2D eigenvalue weighted by molar-refractivity contribution is 5.24. The third-order valence-corrected chi connectivity index (χ3v) is 3.82. The number of rotatable bonds is 7. The first kappa shape index (κ1) is 15.7. The van der Waals surface area contributed by atoms with E-state index in [0.717, 1.165) is 31.1 Å². The van der Waals surface area contributed by atoms with Crippen molar-refractivity contribution in [1.29, 1.82) is 0 Å². The van der Waals surface area contributed by atoms with Crippen molar-refractivity contribution in [1.82, 2.24) is 15.5 Å². The minimum absolute atomic E-state index is 0.267. The van der Waals surface area contributed by atoms with Crippen LogP contribution in [0.3, 0.4) is 0 Å². The van der Waals surface area contributed by atoms with E-state index in [-0.39, 0.29) is 5.92 Å². The smallest absolute Gasteiger partial charge is 0.231 e. The van der Waals surface area contributed by atoms with Gasteiger partial charge in [-0.2, -0.15) is 4.98 Å². The standard InChI is InChI=1S/C17H25N3O/c1-5-15(13(4)18-6-2)17-19-16(20-21-17)11-14-9-7-8-12(3)10-14/h7-10,13,15,18H,5-6,11H2,1-4H3. The molecule has 0 amide bonds. The third kappa shape index (κ3) is 4.14. The van der Waals surface area contributed by atoms with Crippen LogP contribution in [-0.4, -0.2) is 22.7 Å². The van der Waals surface area contributed by atoms with Gasteiger partial charge in [-0.05, 0) is 32.4 Å². The lowest BCUT2D eigenvalue weighted by Crippen LogP contribution is -2.31. The lowest BCUT2D eigenvalue weighted by molar-refractivity contribution is 0.316. The van der Waals surface area contributed by atoms with E-state index in [1.54, 1.807) is 0 Å². The average molecular weight is 287 g/mol. The van der Waals surface area contributed by atoms with Crippen LogP contribution in [0.15, 0.2) is 28.8 Å². The number of hydrogen-bond donors (Lipinski definition) is 1. The summed E-state index contributed by atoms with van der Waals surface area (Å²) in [5.74, 6) is 1.77. The molecule has 2 rings (SSSR count). The minimum Gasteiger partial charge on any atom is -0.339 e. The van der Waals surface area contributed by atoms with Crippen molar-refractivity contribution in [3.05, 3.63) is 47.1 Å². The molecule has 2 atom stereocenters. The Hall–Kier alpha value is -1.68. The first-order valence-corrected chi connectivity index (χ1v) is 7.75. The van der Waals surface area contributed by atoms with Gasteiger partial charge in [-0.25, -0.2) is 0 Å². The predicted octanol–water partition coefficient (Wildman–Crippen LogP) is 3.46. The molecule has 0 bridgehead atoms. The second-order valence-electron chi connectivity index (χ2n) is 5.58. The van der Waals surface area contributed by atoms with E-state index >= 15 is 0 Å². The molecule has 0 radical (unpaired) electrons. The Morgan fingerprint density at radius 2 is 2.10 bits per heavy atom. The molecule has 21 heavy (non-hydrogen) atoms. The quantitative estimate of drug-likeness (QED) is 0.847. The van der Waals surface area contributed by atoms with Crippen LogP contribution >= 0.6 is 0 Å². The Kier molecular flexibility index (Phi) is 5.51. The van der Waals surface area contributed by atoms with Crippen LogP contribution in [0.25, 0.3) is 0 Å². The fourth-order valence-corrected chi connectivity index (χ4v) is 2.70. The van der Waals surface area contributed by atoms with E-state index in [2.05, 4.69) is 67.4 Å². The van der Waals surface area contributed by atoms with Gasteiger partial charge >= 0.3 is 0 Å². The summed E-state index contributed by atoms with van der Waals surface area (Å²) in [6.07, 6.45) is 1.71. The largest absolute Gasteiger partial charge is 0.339 e. The molecule has 0 spiro atoms. The summed E-state index contributed by atoms with van der Waals surface area (Å²) >= 11 is 0. The first-order chi connectivity index (χ1) is 10.1. The van der Waals surface area contributed by atoms with Gasteiger partial charge in [0, 0.05) is 12.5 Å². The Balaban J connectivity index is 2.09. The Labute approximate surface area is 127 Å². The minimum atomic E-state index is 0.267. The zero-order valence-electron chi connectivity index (χ0n) is 13.4. The molecular weight excluding hydrogens is 262 g/mol. The molecule has 2 unspecified atom stereocenters.